The Morgan fingerprint density at radius 1 is 1.42 bits per heavy atom. The lowest BCUT2D eigenvalue weighted by Gasteiger charge is -2.16. The quantitative estimate of drug-likeness (QED) is 0.755. The van der Waals surface area contributed by atoms with Crippen LogP contribution in [0.2, 0.25) is 0 Å². The van der Waals surface area contributed by atoms with Crippen molar-refractivity contribution in [2.75, 3.05) is 19.0 Å². The van der Waals surface area contributed by atoms with E-state index in [0.29, 0.717) is 0 Å². The summed E-state index contributed by atoms with van der Waals surface area (Å²) in [6.45, 7) is 3.82. The first-order valence-electron chi connectivity index (χ1n) is 6.51. The Kier molecular flexibility index (Phi) is 5.35. The van der Waals surface area contributed by atoms with Crippen molar-refractivity contribution in [1.82, 2.24) is 14.5 Å². The fraction of sp³-hybridized carbons (Fsp3) is 0.538. The highest BCUT2D eigenvalue weighted by Crippen LogP contribution is 2.23. The van der Waals surface area contributed by atoms with E-state index in [1.807, 2.05) is 24.0 Å². The number of nitrogens with one attached hydrogen (secondary N) is 1. The number of imidazole rings is 1. The molecule has 0 radical (unpaired) electrons. The minimum absolute atomic E-state index is 0.226. The number of aromatic nitrogens is 3. The van der Waals surface area contributed by atoms with Gasteiger partial charge in [-0.2, -0.15) is 0 Å². The molecule has 6 heteroatoms. The zero-order valence-corrected chi connectivity index (χ0v) is 12.2. The topological polar surface area (TPSA) is 52.0 Å². The molecule has 2 aromatic rings. The second-order valence-electron chi connectivity index (χ2n) is 4.27. The average Bonchev–Trinajstić information content (AvgIpc) is 3.07. The molecule has 2 aromatic heterocycles. The van der Waals surface area contributed by atoms with Gasteiger partial charge in [-0.25, -0.2) is 9.97 Å². The fourth-order valence-corrected chi connectivity index (χ4v) is 2.68. The normalized spacial score (nSPS) is 12.5. The lowest BCUT2D eigenvalue weighted by atomic mass is 10.2. The number of rotatable bonds is 8. The van der Waals surface area contributed by atoms with Gasteiger partial charge in [-0.05, 0) is 12.8 Å². The average molecular weight is 280 g/mol. The molecule has 0 fully saturated rings. The summed E-state index contributed by atoms with van der Waals surface area (Å²) in [6.07, 6.45) is 7.62. The maximum absolute atomic E-state index is 5.08. The summed E-state index contributed by atoms with van der Waals surface area (Å²) in [5.74, 6) is 0.901. The number of nitrogens with zero attached hydrogens (tertiary/aromatic N) is 3. The van der Waals surface area contributed by atoms with Gasteiger partial charge < -0.3 is 14.6 Å². The molecule has 19 heavy (non-hydrogen) atoms. The van der Waals surface area contributed by atoms with Crippen molar-refractivity contribution in [3.05, 3.63) is 29.0 Å². The predicted molar refractivity (Wildman–Crippen MR) is 77.5 cm³/mol. The molecule has 0 spiro atoms. The molecule has 2 rings (SSSR count). The number of hydrogen-bond donors (Lipinski definition) is 1. The summed E-state index contributed by atoms with van der Waals surface area (Å²) in [5.41, 5.74) is 0. The van der Waals surface area contributed by atoms with Crippen LogP contribution < -0.4 is 5.32 Å². The fourth-order valence-electron chi connectivity index (χ4n) is 1.91. The van der Waals surface area contributed by atoms with Crippen molar-refractivity contribution in [2.45, 2.75) is 32.4 Å². The molecule has 0 aliphatic heterocycles. The molecule has 0 aliphatic rings. The number of thiazole rings is 1. The van der Waals surface area contributed by atoms with Crippen LogP contribution in [0.15, 0.2) is 24.0 Å². The molecule has 0 aliphatic carbocycles. The van der Waals surface area contributed by atoms with E-state index in [2.05, 4.69) is 26.8 Å². The molecule has 1 N–H and O–H groups in total. The van der Waals surface area contributed by atoms with Crippen LogP contribution in [-0.2, 0) is 11.3 Å². The van der Waals surface area contributed by atoms with Gasteiger partial charge in [0.1, 0.15) is 5.01 Å². The highest BCUT2D eigenvalue weighted by molar-refractivity contribution is 7.09. The van der Waals surface area contributed by atoms with E-state index >= 15 is 0 Å². The Labute approximate surface area is 117 Å². The zero-order valence-electron chi connectivity index (χ0n) is 11.4. The van der Waals surface area contributed by atoms with Crippen molar-refractivity contribution in [2.24, 2.45) is 0 Å². The SMILES string of the molecule is CCC(Nc1nccn1CCCOC)c1nccs1. The van der Waals surface area contributed by atoms with Gasteiger partial charge in [0.2, 0.25) is 5.95 Å². The molecule has 104 valence electrons. The molecule has 1 atom stereocenters. The molecule has 0 bridgehead atoms. The first-order valence-corrected chi connectivity index (χ1v) is 7.39. The summed E-state index contributed by atoms with van der Waals surface area (Å²) in [4.78, 5) is 8.75. The van der Waals surface area contributed by atoms with Crippen LogP contribution in [0.5, 0.6) is 0 Å². The highest BCUT2D eigenvalue weighted by Gasteiger charge is 2.14. The molecule has 0 saturated carbocycles. The number of ether oxygens (including phenoxy) is 1. The van der Waals surface area contributed by atoms with Crippen molar-refractivity contribution in [3.8, 4) is 0 Å². The Morgan fingerprint density at radius 3 is 3.00 bits per heavy atom. The van der Waals surface area contributed by atoms with Crippen LogP contribution in [0.1, 0.15) is 30.8 Å². The third kappa shape index (κ3) is 3.78. The second-order valence-corrected chi connectivity index (χ2v) is 5.19. The van der Waals surface area contributed by atoms with Crippen molar-refractivity contribution in [3.63, 3.8) is 0 Å². The largest absolute Gasteiger partial charge is 0.385 e. The summed E-state index contributed by atoms with van der Waals surface area (Å²) in [6, 6.07) is 0.226. The molecule has 0 saturated heterocycles. The third-order valence-corrected chi connectivity index (χ3v) is 3.81. The first-order chi connectivity index (χ1) is 9.35. The second kappa shape index (κ2) is 7.25. The van der Waals surface area contributed by atoms with Crippen LogP contribution in [0.3, 0.4) is 0 Å². The Balaban J connectivity index is 1.99. The smallest absolute Gasteiger partial charge is 0.203 e. The Hall–Kier alpha value is -1.40. The first kappa shape index (κ1) is 14.0. The van der Waals surface area contributed by atoms with E-state index in [4.69, 9.17) is 4.74 Å². The van der Waals surface area contributed by atoms with Gasteiger partial charge in [-0.15, -0.1) is 11.3 Å². The van der Waals surface area contributed by atoms with E-state index in [1.54, 1.807) is 18.4 Å². The molecular weight excluding hydrogens is 260 g/mol. The van der Waals surface area contributed by atoms with E-state index in [-0.39, 0.29) is 6.04 Å². The molecule has 2 heterocycles. The number of hydrogen-bond acceptors (Lipinski definition) is 5. The maximum atomic E-state index is 5.08. The lowest BCUT2D eigenvalue weighted by molar-refractivity contribution is 0.190. The summed E-state index contributed by atoms with van der Waals surface area (Å²) < 4.78 is 7.20. The maximum Gasteiger partial charge on any atom is 0.203 e. The van der Waals surface area contributed by atoms with Gasteiger partial charge in [0.25, 0.3) is 0 Å². The van der Waals surface area contributed by atoms with Gasteiger partial charge in [-0.3, -0.25) is 0 Å². The molecular formula is C13H20N4OS. The molecule has 5 nitrogen and oxygen atoms in total. The summed E-state index contributed by atoms with van der Waals surface area (Å²) in [5, 5.41) is 6.58. The van der Waals surface area contributed by atoms with Crippen LogP contribution in [0.25, 0.3) is 0 Å². The monoisotopic (exact) mass is 280 g/mol. The van der Waals surface area contributed by atoms with E-state index < -0.39 is 0 Å². The van der Waals surface area contributed by atoms with Crippen LogP contribution in [-0.4, -0.2) is 28.3 Å². The third-order valence-electron chi connectivity index (χ3n) is 2.92. The summed E-state index contributed by atoms with van der Waals surface area (Å²) >= 11 is 1.67. The molecule has 0 aromatic carbocycles. The van der Waals surface area contributed by atoms with Gasteiger partial charge in [0.15, 0.2) is 0 Å². The Bertz CT molecular complexity index is 469. The van der Waals surface area contributed by atoms with E-state index in [0.717, 1.165) is 36.9 Å². The van der Waals surface area contributed by atoms with Crippen molar-refractivity contribution >= 4 is 17.3 Å². The minimum atomic E-state index is 0.226. The predicted octanol–water partition coefficient (Wildman–Crippen LogP) is 2.94. The van der Waals surface area contributed by atoms with Gasteiger partial charge in [0, 0.05) is 44.2 Å². The minimum Gasteiger partial charge on any atom is -0.385 e. The van der Waals surface area contributed by atoms with Gasteiger partial charge in [-0.1, -0.05) is 6.92 Å². The van der Waals surface area contributed by atoms with Gasteiger partial charge >= 0.3 is 0 Å². The highest BCUT2D eigenvalue weighted by atomic mass is 32.1. The standard InChI is InChI=1S/C13H20N4OS/c1-3-11(12-14-6-10-19-12)16-13-15-5-8-17(13)7-4-9-18-2/h5-6,8,10-11H,3-4,7,9H2,1-2H3,(H,15,16). The number of aryl methyl sites for hydroxylation is 1. The van der Waals surface area contributed by atoms with Crippen LogP contribution in [0.4, 0.5) is 5.95 Å². The van der Waals surface area contributed by atoms with Crippen molar-refractivity contribution in [1.29, 1.82) is 0 Å². The van der Waals surface area contributed by atoms with Crippen molar-refractivity contribution < 1.29 is 4.74 Å². The summed E-state index contributed by atoms with van der Waals surface area (Å²) in [7, 11) is 1.72. The van der Waals surface area contributed by atoms with Crippen LogP contribution in [0, 0.1) is 0 Å². The van der Waals surface area contributed by atoms with E-state index in [9.17, 15) is 0 Å². The van der Waals surface area contributed by atoms with Gasteiger partial charge in [0.05, 0.1) is 6.04 Å². The number of methoxy groups -OCH3 is 1. The lowest BCUT2D eigenvalue weighted by Crippen LogP contribution is -2.14. The zero-order chi connectivity index (χ0) is 13.5. The Morgan fingerprint density at radius 2 is 2.32 bits per heavy atom. The van der Waals surface area contributed by atoms with Crippen LogP contribution >= 0.6 is 11.3 Å². The molecule has 1 unspecified atom stereocenters. The molecule has 0 amide bonds. The number of anilines is 1. The van der Waals surface area contributed by atoms with E-state index in [1.165, 1.54) is 0 Å².